The van der Waals surface area contributed by atoms with E-state index in [1.54, 1.807) is 45.3 Å². The van der Waals surface area contributed by atoms with Crippen molar-refractivity contribution in [2.24, 2.45) is 0 Å². The molecule has 164 valence electrons. The summed E-state index contributed by atoms with van der Waals surface area (Å²) in [5, 5.41) is 14.4. The van der Waals surface area contributed by atoms with Gasteiger partial charge in [-0.1, -0.05) is 23.5 Å². The second-order valence-electron chi connectivity index (χ2n) is 8.16. The van der Waals surface area contributed by atoms with Gasteiger partial charge in [-0.3, -0.25) is 15.4 Å². The van der Waals surface area contributed by atoms with E-state index >= 15 is 0 Å². The van der Waals surface area contributed by atoms with Crippen molar-refractivity contribution in [3.63, 3.8) is 0 Å². The van der Waals surface area contributed by atoms with E-state index in [4.69, 9.17) is 4.74 Å². The topological polar surface area (TPSA) is 123 Å². The minimum atomic E-state index is -0.634. The van der Waals surface area contributed by atoms with Gasteiger partial charge in [0.2, 0.25) is 0 Å². The van der Waals surface area contributed by atoms with Crippen molar-refractivity contribution in [2.45, 2.75) is 32.8 Å². The van der Waals surface area contributed by atoms with E-state index in [1.807, 2.05) is 12.1 Å². The van der Waals surface area contributed by atoms with E-state index in [0.29, 0.717) is 22.6 Å². The van der Waals surface area contributed by atoms with Crippen LogP contribution < -0.4 is 5.32 Å². The average Bonchev–Trinajstić information content (AvgIpc) is 3.35. The number of ether oxygens (including phenoxy) is 1. The molecule has 0 fully saturated rings. The number of rotatable bonds is 5. The summed E-state index contributed by atoms with van der Waals surface area (Å²) in [5.41, 5.74) is 2.37. The maximum absolute atomic E-state index is 12.2. The van der Waals surface area contributed by atoms with Crippen molar-refractivity contribution in [3.8, 4) is 11.1 Å². The van der Waals surface area contributed by atoms with Crippen molar-refractivity contribution < 1.29 is 14.5 Å². The number of H-pyrrole nitrogens is 1. The summed E-state index contributed by atoms with van der Waals surface area (Å²) < 4.78 is 6.15. The predicted octanol–water partition coefficient (Wildman–Crippen LogP) is 5.53. The number of nitro groups is 1. The zero-order chi connectivity index (χ0) is 22.9. The number of nitrogens with one attached hydrogen (secondary N) is 2. The molecule has 0 unspecified atom stereocenters. The second-order valence-corrected chi connectivity index (χ2v) is 9.19. The van der Waals surface area contributed by atoms with Gasteiger partial charge >= 0.3 is 6.09 Å². The predicted molar refractivity (Wildman–Crippen MR) is 123 cm³/mol. The minimum Gasteiger partial charge on any atom is -0.444 e. The van der Waals surface area contributed by atoms with Crippen LogP contribution in [0, 0.1) is 10.1 Å². The molecule has 0 radical (unpaired) electrons. The third-order valence-corrected chi connectivity index (χ3v) is 5.37. The molecule has 0 saturated heterocycles. The number of benzene rings is 2. The van der Waals surface area contributed by atoms with Gasteiger partial charge in [0.1, 0.15) is 11.4 Å². The summed E-state index contributed by atoms with van der Waals surface area (Å²) in [7, 11) is 0. The number of nitro benzene ring substituents is 1. The zero-order valence-corrected chi connectivity index (χ0v) is 18.5. The molecule has 2 N–H and O–H groups in total. The van der Waals surface area contributed by atoms with Gasteiger partial charge < -0.3 is 9.72 Å². The van der Waals surface area contributed by atoms with Crippen LogP contribution in [-0.2, 0) is 11.2 Å². The first-order chi connectivity index (χ1) is 15.2. The van der Waals surface area contributed by atoms with Gasteiger partial charge in [-0.05, 0) is 44.0 Å². The van der Waals surface area contributed by atoms with Crippen LogP contribution in [0.3, 0.4) is 0 Å². The molecule has 0 aliphatic carbocycles. The van der Waals surface area contributed by atoms with Gasteiger partial charge in [0.05, 0.1) is 15.1 Å². The third kappa shape index (κ3) is 4.92. The molecule has 0 aliphatic heterocycles. The number of nitrogens with zero attached hydrogens (tertiary/aromatic N) is 3. The van der Waals surface area contributed by atoms with Gasteiger partial charge in [-0.15, -0.1) is 0 Å². The largest absolute Gasteiger partial charge is 0.444 e. The van der Waals surface area contributed by atoms with Crippen LogP contribution in [-0.4, -0.2) is 31.6 Å². The Balaban J connectivity index is 1.78. The molecule has 4 aromatic rings. The molecular weight excluding hydrogens is 430 g/mol. The Bertz CT molecular complexity index is 1290. The number of anilines is 1. The summed E-state index contributed by atoms with van der Waals surface area (Å²) in [5.74, 6) is 0.797. The number of fused-ring (bicyclic) bond motifs is 1. The molecule has 32 heavy (non-hydrogen) atoms. The summed E-state index contributed by atoms with van der Waals surface area (Å²) in [6.07, 6.45) is 3.40. The lowest BCUT2D eigenvalue weighted by Gasteiger charge is -2.18. The normalized spacial score (nSPS) is 11.5. The number of non-ortho nitro benzene ring substituents is 1. The highest BCUT2D eigenvalue weighted by Crippen LogP contribution is 2.36. The lowest BCUT2D eigenvalue weighted by Crippen LogP contribution is -2.27. The van der Waals surface area contributed by atoms with Crippen molar-refractivity contribution >= 4 is 38.5 Å². The number of carbonyl (C=O) groups is 1. The van der Waals surface area contributed by atoms with Crippen LogP contribution >= 0.6 is 11.3 Å². The van der Waals surface area contributed by atoms with Crippen molar-refractivity contribution in [1.29, 1.82) is 0 Å². The average molecular weight is 452 g/mol. The maximum Gasteiger partial charge on any atom is 0.413 e. The fourth-order valence-electron chi connectivity index (χ4n) is 3.23. The number of aromatic amines is 1. The second kappa shape index (κ2) is 8.39. The third-order valence-electron chi connectivity index (χ3n) is 4.46. The number of imidazole rings is 1. The number of carbonyl (C=O) groups excluding carboxylic acids is 1. The van der Waals surface area contributed by atoms with E-state index in [0.717, 1.165) is 21.7 Å². The fraction of sp³-hybridized carbons (Fsp3) is 0.227. The van der Waals surface area contributed by atoms with Crippen molar-refractivity contribution in [1.82, 2.24) is 15.0 Å². The molecule has 1 amide bonds. The molecule has 4 rings (SSSR count). The first-order valence-electron chi connectivity index (χ1n) is 9.84. The zero-order valence-electron chi connectivity index (χ0n) is 17.7. The number of hydrogen-bond donors (Lipinski definition) is 2. The summed E-state index contributed by atoms with van der Waals surface area (Å²) in [6, 6.07) is 10.3. The monoisotopic (exact) mass is 451 g/mol. The Hall–Kier alpha value is -3.79. The standard InChI is InChI=1S/C22H21N5O4S/c1-22(2,3)31-21(28)26-20-25-19-16(14-5-4-6-15(12-14)27(29)30)9-13(10-17(19)32-20)11-18-23-7-8-24-18/h4-10,12H,11H2,1-3H3,(H,23,24)(H,25,26,28). The first-order valence-corrected chi connectivity index (χ1v) is 10.7. The van der Waals surface area contributed by atoms with Crippen LogP contribution in [0.15, 0.2) is 48.8 Å². The minimum absolute atomic E-state index is 0.00517. The Kier molecular flexibility index (Phi) is 5.62. The van der Waals surface area contributed by atoms with Gasteiger partial charge in [0, 0.05) is 36.5 Å². The summed E-state index contributed by atoms with van der Waals surface area (Å²) in [6.45, 7) is 5.35. The van der Waals surface area contributed by atoms with Crippen LogP contribution in [0.1, 0.15) is 32.2 Å². The molecule has 2 heterocycles. The van der Waals surface area contributed by atoms with Crippen LogP contribution in [0.25, 0.3) is 21.3 Å². The van der Waals surface area contributed by atoms with E-state index in [1.165, 1.54) is 23.5 Å². The number of amides is 1. The molecule has 0 spiro atoms. The highest BCUT2D eigenvalue weighted by molar-refractivity contribution is 7.22. The molecule has 0 saturated carbocycles. The Morgan fingerprint density at radius 3 is 2.78 bits per heavy atom. The lowest BCUT2D eigenvalue weighted by molar-refractivity contribution is -0.384. The fourth-order valence-corrected chi connectivity index (χ4v) is 4.17. The molecule has 2 aromatic heterocycles. The Morgan fingerprint density at radius 1 is 1.28 bits per heavy atom. The molecule has 9 nitrogen and oxygen atoms in total. The van der Waals surface area contributed by atoms with Gasteiger partial charge in [0.25, 0.3) is 5.69 Å². The number of aromatic nitrogens is 3. The van der Waals surface area contributed by atoms with Crippen molar-refractivity contribution in [2.75, 3.05) is 5.32 Å². The molecule has 0 bridgehead atoms. The first kappa shape index (κ1) is 21.4. The maximum atomic E-state index is 12.2. The van der Waals surface area contributed by atoms with Crippen molar-refractivity contribution in [3.05, 3.63) is 70.3 Å². The molecule has 0 atom stereocenters. The molecule has 0 aliphatic rings. The molecular formula is C22H21N5O4S. The van der Waals surface area contributed by atoms with E-state index in [9.17, 15) is 14.9 Å². The van der Waals surface area contributed by atoms with Gasteiger partial charge in [-0.2, -0.15) is 0 Å². The quantitative estimate of drug-likeness (QED) is 0.304. The molecule has 2 aromatic carbocycles. The number of thiazole rings is 1. The summed E-state index contributed by atoms with van der Waals surface area (Å²) >= 11 is 1.31. The Labute approximate surface area is 187 Å². The van der Waals surface area contributed by atoms with E-state index in [2.05, 4.69) is 20.3 Å². The highest BCUT2D eigenvalue weighted by atomic mass is 32.1. The van der Waals surface area contributed by atoms with Crippen LogP contribution in [0.4, 0.5) is 15.6 Å². The lowest BCUT2D eigenvalue weighted by atomic mass is 10.00. The van der Waals surface area contributed by atoms with Gasteiger partial charge in [0.15, 0.2) is 5.13 Å². The smallest absolute Gasteiger partial charge is 0.413 e. The van der Waals surface area contributed by atoms with Gasteiger partial charge in [-0.25, -0.2) is 14.8 Å². The summed E-state index contributed by atoms with van der Waals surface area (Å²) in [4.78, 5) is 35.0. The van der Waals surface area contributed by atoms with E-state index in [-0.39, 0.29) is 5.69 Å². The van der Waals surface area contributed by atoms with Crippen LogP contribution in [0.2, 0.25) is 0 Å². The van der Waals surface area contributed by atoms with E-state index < -0.39 is 16.6 Å². The van der Waals surface area contributed by atoms with Crippen LogP contribution in [0.5, 0.6) is 0 Å². The SMILES string of the molecule is CC(C)(C)OC(=O)Nc1nc2c(-c3cccc([N+](=O)[O-])c3)cc(Cc3ncc[nH]3)cc2s1. The molecule has 10 heteroatoms. The highest BCUT2D eigenvalue weighted by Gasteiger charge is 2.19. The number of hydrogen-bond acceptors (Lipinski definition) is 7. The Morgan fingerprint density at radius 2 is 2.09 bits per heavy atom.